The van der Waals surface area contributed by atoms with Crippen LogP contribution in [-0.2, 0) is 0 Å². The molecule has 2 rings (SSSR count). The number of halogens is 1. The molecule has 0 aromatic heterocycles. The normalized spacial score (nSPS) is 9.74. The van der Waals surface area contributed by atoms with Gasteiger partial charge in [-0.1, -0.05) is 12.1 Å². The first-order valence-electron chi connectivity index (χ1n) is 5.65. The minimum Gasteiger partial charge on any atom is -0.343 e. The van der Waals surface area contributed by atoms with E-state index in [0.29, 0.717) is 23.2 Å². The average molecular weight is 254 g/mol. The maximum absolute atomic E-state index is 13.1. The SMILES string of the molecule is CN(c1ccccc1C#N)c1ccc(F)cc1C=O. The highest BCUT2D eigenvalue weighted by molar-refractivity contribution is 5.87. The van der Waals surface area contributed by atoms with Gasteiger partial charge in [-0.15, -0.1) is 0 Å². The quantitative estimate of drug-likeness (QED) is 0.789. The number of aldehydes is 1. The number of nitrogens with zero attached hydrogens (tertiary/aromatic N) is 2. The summed E-state index contributed by atoms with van der Waals surface area (Å²) >= 11 is 0. The zero-order valence-corrected chi connectivity index (χ0v) is 10.3. The Morgan fingerprint density at radius 3 is 2.63 bits per heavy atom. The van der Waals surface area contributed by atoms with E-state index in [1.807, 2.05) is 0 Å². The number of rotatable bonds is 3. The first-order chi connectivity index (χ1) is 9.17. The highest BCUT2D eigenvalue weighted by Crippen LogP contribution is 2.29. The molecule has 0 N–H and O–H groups in total. The van der Waals surface area contributed by atoms with Crippen molar-refractivity contribution in [3.63, 3.8) is 0 Å². The Labute approximate surface area is 110 Å². The molecule has 2 aromatic rings. The smallest absolute Gasteiger partial charge is 0.152 e. The minimum atomic E-state index is -0.465. The summed E-state index contributed by atoms with van der Waals surface area (Å²) in [5.74, 6) is -0.465. The molecule has 0 atom stereocenters. The molecule has 0 bridgehead atoms. The van der Waals surface area contributed by atoms with E-state index < -0.39 is 5.82 Å². The lowest BCUT2D eigenvalue weighted by molar-refractivity contribution is 0.112. The van der Waals surface area contributed by atoms with Gasteiger partial charge in [0.05, 0.1) is 16.9 Å². The monoisotopic (exact) mass is 254 g/mol. The number of para-hydroxylation sites is 1. The van der Waals surface area contributed by atoms with Gasteiger partial charge in [-0.3, -0.25) is 4.79 Å². The standard InChI is InChI=1S/C15H11FN2O/c1-18(14-5-3-2-4-11(14)9-17)15-7-6-13(16)8-12(15)10-19/h2-8,10H,1H3. The molecule has 0 aliphatic heterocycles. The maximum atomic E-state index is 13.1. The molecule has 0 spiro atoms. The number of carbonyl (C=O) groups excluding carboxylic acids is 1. The summed E-state index contributed by atoms with van der Waals surface area (Å²) in [7, 11) is 1.73. The molecule has 0 aliphatic carbocycles. The molecule has 19 heavy (non-hydrogen) atoms. The fourth-order valence-corrected chi connectivity index (χ4v) is 1.92. The number of benzene rings is 2. The van der Waals surface area contributed by atoms with E-state index in [1.54, 1.807) is 36.2 Å². The topological polar surface area (TPSA) is 44.1 Å². The van der Waals surface area contributed by atoms with Crippen LogP contribution in [0.15, 0.2) is 42.5 Å². The number of hydrogen-bond acceptors (Lipinski definition) is 3. The number of hydrogen-bond donors (Lipinski definition) is 0. The van der Waals surface area contributed by atoms with Crippen LogP contribution in [0.1, 0.15) is 15.9 Å². The molecule has 0 saturated carbocycles. The summed E-state index contributed by atoms with van der Waals surface area (Å²) in [6.45, 7) is 0. The Balaban J connectivity index is 2.53. The molecule has 0 heterocycles. The van der Waals surface area contributed by atoms with Crippen molar-refractivity contribution in [2.75, 3.05) is 11.9 Å². The summed E-state index contributed by atoms with van der Waals surface area (Å²) in [5.41, 5.74) is 1.96. The lowest BCUT2D eigenvalue weighted by Gasteiger charge is -2.22. The number of anilines is 2. The molecular formula is C15H11FN2O. The molecular weight excluding hydrogens is 243 g/mol. The van der Waals surface area contributed by atoms with E-state index in [0.717, 1.165) is 0 Å². The van der Waals surface area contributed by atoms with Crippen molar-refractivity contribution < 1.29 is 9.18 Å². The van der Waals surface area contributed by atoms with Crippen molar-refractivity contribution in [2.24, 2.45) is 0 Å². The van der Waals surface area contributed by atoms with Gasteiger partial charge < -0.3 is 4.90 Å². The third-order valence-corrected chi connectivity index (χ3v) is 2.86. The van der Waals surface area contributed by atoms with Crippen LogP contribution in [0.25, 0.3) is 0 Å². The lowest BCUT2D eigenvalue weighted by Crippen LogP contribution is -2.13. The van der Waals surface area contributed by atoms with Crippen LogP contribution in [0, 0.1) is 17.1 Å². The Morgan fingerprint density at radius 2 is 1.95 bits per heavy atom. The minimum absolute atomic E-state index is 0.246. The van der Waals surface area contributed by atoms with Gasteiger partial charge in [0.15, 0.2) is 6.29 Å². The Morgan fingerprint density at radius 1 is 1.21 bits per heavy atom. The second-order valence-electron chi connectivity index (χ2n) is 4.01. The third kappa shape index (κ3) is 2.45. The van der Waals surface area contributed by atoms with E-state index in [1.165, 1.54) is 18.2 Å². The summed E-state index contributed by atoms with van der Waals surface area (Å²) in [6, 6.07) is 13.1. The van der Waals surface area contributed by atoms with Crippen LogP contribution < -0.4 is 4.90 Å². The van der Waals surface area contributed by atoms with Gasteiger partial charge in [0, 0.05) is 12.6 Å². The zero-order valence-electron chi connectivity index (χ0n) is 10.3. The van der Waals surface area contributed by atoms with Gasteiger partial charge >= 0.3 is 0 Å². The summed E-state index contributed by atoms with van der Waals surface area (Å²) in [5, 5.41) is 9.08. The lowest BCUT2D eigenvalue weighted by atomic mass is 10.1. The van der Waals surface area contributed by atoms with Crippen molar-refractivity contribution in [1.82, 2.24) is 0 Å². The predicted octanol–water partition coefficient (Wildman–Crippen LogP) is 3.28. The van der Waals surface area contributed by atoms with Gasteiger partial charge in [0.25, 0.3) is 0 Å². The Kier molecular flexibility index (Phi) is 3.58. The van der Waals surface area contributed by atoms with E-state index in [-0.39, 0.29) is 5.56 Å². The van der Waals surface area contributed by atoms with Crippen LogP contribution in [0.2, 0.25) is 0 Å². The van der Waals surface area contributed by atoms with Gasteiger partial charge in [0.2, 0.25) is 0 Å². The molecule has 3 nitrogen and oxygen atoms in total. The Bertz CT molecular complexity index is 661. The second kappa shape index (κ2) is 5.32. The van der Waals surface area contributed by atoms with Crippen LogP contribution in [0.3, 0.4) is 0 Å². The van der Waals surface area contributed by atoms with Crippen LogP contribution in [-0.4, -0.2) is 13.3 Å². The van der Waals surface area contributed by atoms with Crippen molar-refractivity contribution in [2.45, 2.75) is 0 Å². The molecule has 0 saturated heterocycles. The molecule has 94 valence electrons. The zero-order chi connectivity index (χ0) is 13.8. The highest BCUT2D eigenvalue weighted by atomic mass is 19.1. The molecule has 4 heteroatoms. The van der Waals surface area contributed by atoms with Gasteiger partial charge in [-0.25, -0.2) is 4.39 Å². The Hall–Kier alpha value is -2.67. The molecule has 2 aromatic carbocycles. The van der Waals surface area contributed by atoms with E-state index in [2.05, 4.69) is 6.07 Å². The predicted molar refractivity (Wildman–Crippen MR) is 71.0 cm³/mol. The summed E-state index contributed by atoms with van der Waals surface area (Å²) in [4.78, 5) is 12.7. The molecule has 0 fully saturated rings. The number of carbonyl (C=O) groups is 1. The first kappa shape index (κ1) is 12.8. The summed E-state index contributed by atoms with van der Waals surface area (Å²) < 4.78 is 13.1. The fourth-order valence-electron chi connectivity index (χ4n) is 1.92. The van der Waals surface area contributed by atoms with Crippen molar-refractivity contribution in [3.05, 3.63) is 59.4 Å². The largest absolute Gasteiger partial charge is 0.343 e. The summed E-state index contributed by atoms with van der Waals surface area (Å²) in [6.07, 6.45) is 0.601. The fraction of sp³-hybridized carbons (Fsp3) is 0.0667. The van der Waals surface area contributed by atoms with Crippen LogP contribution in [0.5, 0.6) is 0 Å². The van der Waals surface area contributed by atoms with Crippen molar-refractivity contribution in [3.8, 4) is 6.07 Å². The first-order valence-corrected chi connectivity index (χ1v) is 5.65. The molecule has 0 aliphatic rings. The van der Waals surface area contributed by atoms with Crippen LogP contribution >= 0.6 is 0 Å². The van der Waals surface area contributed by atoms with Crippen LogP contribution in [0.4, 0.5) is 15.8 Å². The van der Waals surface area contributed by atoms with E-state index >= 15 is 0 Å². The third-order valence-electron chi connectivity index (χ3n) is 2.86. The maximum Gasteiger partial charge on any atom is 0.152 e. The van der Waals surface area contributed by atoms with Crippen molar-refractivity contribution >= 4 is 17.7 Å². The van der Waals surface area contributed by atoms with Gasteiger partial charge in [-0.05, 0) is 30.3 Å². The molecule has 0 radical (unpaired) electrons. The van der Waals surface area contributed by atoms with Crippen molar-refractivity contribution in [1.29, 1.82) is 5.26 Å². The number of nitriles is 1. The molecule has 0 amide bonds. The van der Waals surface area contributed by atoms with Gasteiger partial charge in [-0.2, -0.15) is 5.26 Å². The van der Waals surface area contributed by atoms with E-state index in [4.69, 9.17) is 5.26 Å². The van der Waals surface area contributed by atoms with Gasteiger partial charge in [0.1, 0.15) is 11.9 Å². The highest BCUT2D eigenvalue weighted by Gasteiger charge is 2.12. The average Bonchev–Trinajstić information content (AvgIpc) is 2.46. The van der Waals surface area contributed by atoms with E-state index in [9.17, 15) is 9.18 Å². The molecule has 0 unspecified atom stereocenters. The second-order valence-corrected chi connectivity index (χ2v) is 4.01.